The molecule has 3 heterocycles. The summed E-state index contributed by atoms with van der Waals surface area (Å²) < 4.78 is 44.6. The smallest absolute Gasteiger partial charge is 0.321 e. The standard InChI is InChI=1S/C30H32F3N5O2/c1-36(28-8-5-11-37(18-27(28)33)16-21-14-34-20-35-15-21)29(40)38-17-22(25-12-24(31)9-10-26(25)32)13-30(38,19-39)23-6-3-2-4-7-23/h2-4,6-7,9-10,12-15,20,27-28,39H,5,8,11,16-19H2,1H3/t27?,28?,30-/m1/s1. The molecule has 3 atom stereocenters. The van der Waals surface area contributed by atoms with E-state index < -0.39 is 42.0 Å². The zero-order chi connectivity index (χ0) is 28.3. The summed E-state index contributed by atoms with van der Waals surface area (Å²) in [6.45, 7) is 0.730. The average molecular weight is 552 g/mol. The van der Waals surface area contributed by atoms with Crippen LogP contribution in [0.5, 0.6) is 0 Å². The first-order chi connectivity index (χ1) is 19.3. The second-order valence-corrected chi connectivity index (χ2v) is 10.4. The van der Waals surface area contributed by atoms with Gasteiger partial charge in [-0.3, -0.25) is 4.90 Å². The average Bonchev–Trinajstić information content (AvgIpc) is 3.28. The maximum atomic E-state index is 15.8. The molecular weight excluding hydrogens is 519 g/mol. The third kappa shape index (κ3) is 5.46. The van der Waals surface area contributed by atoms with Gasteiger partial charge in [-0.05, 0) is 54.8 Å². The summed E-state index contributed by atoms with van der Waals surface area (Å²) in [4.78, 5) is 27.0. The van der Waals surface area contributed by atoms with Gasteiger partial charge in [0.15, 0.2) is 0 Å². The van der Waals surface area contributed by atoms with Crippen molar-refractivity contribution in [2.45, 2.75) is 37.1 Å². The summed E-state index contributed by atoms with van der Waals surface area (Å²) in [7, 11) is 1.56. The molecule has 210 valence electrons. The normalized spacial score (nSPS) is 23.5. The predicted molar refractivity (Wildman–Crippen MR) is 145 cm³/mol. The van der Waals surface area contributed by atoms with E-state index in [1.807, 2.05) is 11.0 Å². The van der Waals surface area contributed by atoms with Crippen molar-refractivity contribution in [2.75, 3.05) is 33.3 Å². The van der Waals surface area contributed by atoms with Gasteiger partial charge in [-0.25, -0.2) is 27.9 Å². The second kappa shape index (κ2) is 11.8. The number of benzene rings is 2. The van der Waals surface area contributed by atoms with E-state index in [9.17, 15) is 18.7 Å². The van der Waals surface area contributed by atoms with Gasteiger partial charge >= 0.3 is 6.03 Å². The Morgan fingerprint density at radius 3 is 2.62 bits per heavy atom. The molecule has 1 fully saturated rings. The Hall–Kier alpha value is -3.76. The Bertz CT molecular complexity index is 1360. The number of amides is 2. The fourth-order valence-electron chi connectivity index (χ4n) is 5.80. The Kier molecular flexibility index (Phi) is 8.18. The second-order valence-electron chi connectivity index (χ2n) is 10.4. The minimum atomic E-state index is -1.34. The predicted octanol–water partition coefficient (Wildman–Crippen LogP) is 4.40. The van der Waals surface area contributed by atoms with Crippen LogP contribution in [0.25, 0.3) is 5.57 Å². The quantitative estimate of drug-likeness (QED) is 0.492. The molecule has 0 spiro atoms. The first-order valence-electron chi connectivity index (χ1n) is 13.3. The number of urea groups is 1. The van der Waals surface area contributed by atoms with Gasteiger partial charge < -0.3 is 14.9 Å². The van der Waals surface area contributed by atoms with Gasteiger partial charge in [0.1, 0.15) is 29.7 Å². The Morgan fingerprint density at radius 2 is 1.90 bits per heavy atom. The van der Waals surface area contributed by atoms with Crippen LogP contribution < -0.4 is 0 Å². The molecule has 10 heteroatoms. The maximum absolute atomic E-state index is 15.8. The van der Waals surface area contributed by atoms with Crippen LogP contribution in [-0.2, 0) is 12.1 Å². The molecule has 5 rings (SSSR count). The fraction of sp³-hybridized carbons (Fsp3) is 0.367. The SMILES string of the molecule is CN(C(=O)N1CC(c2cc(F)ccc2F)=C[C@@]1(CO)c1ccccc1)C1CCCN(Cc2cncnc2)CC1F. The molecule has 0 aliphatic carbocycles. The van der Waals surface area contributed by atoms with Crippen molar-refractivity contribution in [3.05, 3.63) is 102 Å². The molecule has 2 amide bonds. The number of aromatic nitrogens is 2. The zero-order valence-electron chi connectivity index (χ0n) is 22.3. The van der Waals surface area contributed by atoms with E-state index in [1.54, 1.807) is 49.8 Å². The van der Waals surface area contributed by atoms with Crippen molar-refractivity contribution >= 4 is 11.6 Å². The molecular formula is C30H32F3N5O2. The van der Waals surface area contributed by atoms with Crippen LogP contribution in [0.2, 0.25) is 0 Å². The van der Waals surface area contributed by atoms with Crippen LogP contribution in [0.4, 0.5) is 18.0 Å². The van der Waals surface area contributed by atoms with E-state index >= 15 is 4.39 Å². The molecule has 2 aromatic carbocycles. The van der Waals surface area contributed by atoms with Gasteiger partial charge in [-0.15, -0.1) is 0 Å². The van der Waals surface area contributed by atoms with Crippen LogP contribution in [0.15, 0.2) is 73.3 Å². The lowest BCUT2D eigenvalue weighted by molar-refractivity contribution is 0.0633. The highest BCUT2D eigenvalue weighted by atomic mass is 19.1. The maximum Gasteiger partial charge on any atom is 0.321 e. The van der Waals surface area contributed by atoms with Crippen LogP contribution in [0, 0.1) is 11.6 Å². The number of nitrogens with zero attached hydrogens (tertiary/aromatic N) is 5. The van der Waals surface area contributed by atoms with Gasteiger partial charge in [0, 0.05) is 50.2 Å². The van der Waals surface area contributed by atoms with Crippen molar-refractivity contribution in [1.29, 1.82) is 0 Å². The van der Waals surface area contributed by atoms with Crippen molar-refractivity contribution in [2.24, 2.45) is 0 Å². The first kappa shape index (κ1) is 27.8. The molecule has 40 heavy (non-hydrogen) atoms. The van der Waals surface area contributed by atoms with Crippen molar-refractivity contribution in [3.63, 3.8) is 0 Å². The number of rotatable bonds is 6. The highest BCUT2D eigenvalue weighted by Crippen LogP contribution is 2.41. The number of halogens is 3. The van der Waals surface area contributed by atoms with E-state index in [1.165, 1.54) is 16.1 Å². The summed E-state index contributed by atoms with van der Waals surface area (Å²) in [5.74, 6) is -1.24. The highest BCUT2D eigenvalue weighted by molar-refractivity contribution is 5.83. The third-order valence-electron chi connectivity index (χ3n) is 7.89. The summed E-state index contributed by atoms with van der Waals surface area (Å²) in [5.41, 5.74) is 0.542. The van der Waals surface area contributed by atoms with E-state index in [4.69, 9.17) is 0 Å². The molecule has 3 aromatic rings. The van der Waals surface area contributed by atoms with Gasteiger partial charge in [0.05, 0.1) is 12.6 Å². The van der Waals surface area contributed by atoms with E-state index in [2.05, 4.69) is 9.97 Å². The third-order valence-corrected chi connectivity index (χ3v) is 7.89. The largest absolute Gasteiger partial charge is 0.393 e. The highest BCUT2D eigenvalue weighted by Gasteiger charge is 2.47. The van der Waals surface area contributed by atoms with Crippen molar-refractivity contribution in [1.82, 2.24) is 24.7 Å². The number of carbonyl (C=O) groups excluding carboxylic acids is 1. The summed E-state index contributed by atoms with van der Waals surface area (Å²) >= 11 is 0. The van der Waals surface area contributed by atoms with Crippen LogP contribution in [0.3, 0.4) is 0 Å². The molecule has 1 N–H and O–H groups in total. The van der Waals surface area contributed by atoms with Gasteiger partial charge in [0.25, 0.3) is 0 Å². The summed E-state index contributed by atoms with van der Waals surface area (Å²) in [6.07, 6.45) is 6.29. The lowest BCUT2D eigenvalue weighted by atomic mass is 9.89. The van der Waals surface area contributed by atoms with Crippen LogP contribution >= 0.6 is 0 Å². The minimum Gasteiger partial charge on any atom is -0.393 e. The summed E-state index contributed by atoms with van der Waals surface area (Å²) in [6, 6.07) is 10.9. The lowest BCUT2D eigenvalue weighted by Crippen LogP contribution is -2.56. The topological polar surface area (TPSA) is 72.8 Å². The Labute approximate surface area is 231 Å². The fourth-order valence-corrected chi connectivity index (χ4v) is 5.80. The summed E-state index contributed by atoms with van der Waals surface area (Å²) in [5, 5.41) is 10.7. The van der Waals surface area contributed by atoms with E-state index in [-0.39, 0.29) is 18.7 Å². The van der Waals surface area contributed by atoms with Gasteiger partial charge in [-0.2, -0.15) is 0 Å². The number of aliphatic hydroxyl groups excluding tert-OH is 1. The molecule has 2 unspecified atom stereocenters. The number of likely N-dealkylation sites (tertiary alicyclic amines) is 1. The minimum absolute atomic E-state index is 0.0186. The molecule has 1 aromatic heterocycles. The van der Waals surface area contributed by atoms with Crippen LogP contribution in [0.1, 0.15) is 29.5 Å². The van der Waals surface area contributed by atoms with Gasteiger partial charge in [-0.1, -0.05) is 30.3 Å². The Balaban J connectivity index is 1.42. The van der Waals surface area contributed by atoms with Crippen molar-refractivity contribution in [3.8, 4) is 0 Å². The monoisotopic (exact) mass is 551 g/mol. The van der Waals surface area contributed by atoms with E-state index in [0.29, 0.717) is 37.1 Å². The molecule has 1 saturated heterocycles. The van der Waals surface area contributed by atoms with E-state index in [0.717, 1.165) is 23.8 Å². The number of aliphatic hydroxyl groups is 1. The Morgan fingerprint density at radius 1 is 1.15 bits per heavy atom. The van der Waals surface area contributed by atoms with Crippen molar-refractivity contribution < 1.29 is 23.1 Å². The molecule has 0 saturated carbocycles. The molecule has 2 aliphatic rings. The molecule has 7 nitrogen and oxygen atoms in total. The molecule has 0 radical (unpaired) electrons. The number of carbonyl (C=O) groups is 1. The lowest BCUT2D eigenvalue weighted by Gasteiger charge is -2.41. The first-order valence-corrected chi connectivity index (χ1v) is 13.3. The number of hydrogen-bond acceptors (Lipinski definition) is 5. The van der Waals surface area contributed by atoms with Crippen LogP contribution in [-0.4, -0.2) is 81.3 Å². The molecule has 2 aliphatic heterocycles. The number of hydrogen-bond donors (Lipinski definition) is 1. The zero-order valence-corrected chi connectivity index (χ0v) is 22.3. The number of alkyl halides is 1. The van der Waals surface area contributed by atoms with Gasteiger partial charge in [0.2, 0.25) is 0 Å². The molecule has 0 bridgehead atoms.